The zero-order valence-corrected chi connectivity index (χ0v) is 7.99. The maximum atomic E-state index is 11.7. The second-order valence-electron chi connectivity index (χ2n) is 2.72. The second kappa shape index (κ2) is 6.07. The standard InChI is InChI=1S/C8H12F2N4O/c9-6(10)4-15-2-1-12-8-3-7(11)13-5-14-8/h3,5-6H,1-2,4H2,(H3,11,12,13,14). The van der Waals surface area contributed by atoms with Gasteiger partial charge in [-0.15, -0.1) is 0 Å². The van der Waals surface area contributed by atoms with Crippen LogP contribution in [0.2, 0.25) is 0 Å². The molecule has 15 heavy (non-hydrogen) atoms. The van der Waals surface area contributed by atoms with Crippen LogP contribution in [-0.4, -0.2) is 36.2 Å². The van der Waals surface area contributed by atoms with Crippen molar-refractivity contribution in [2.75, 3.05) is 30.8 Å². The molecule has 3 N–H and O–H groups in total. The molecule has 0 aliphatic rings. The summed E-state index contributed by atoms with van der Waals surface area (Å²) in [6, 6.07) is 1.55. The minimum Gasteiger partial charge on any atom is -0.384 e. The van der Waals surface area contributed by atoms with Gasteiger partial charge in [0, 0.05) is 12.6 Å². The highest BCUT2D eigenvalue weighted by atomic mass is 19.3. The third-order valence-electron chi connectivity index (χ3n) is 1.48. The maximum absolute atomic E-state index is 11.7. The molecule has 0 amide bonds. The van der Waals surface area contributed by atoms with Crippen molar-refractivity contribution in [3.8, 4) is 0 Å². The van der Waals surface area contributed by atoms with Gasteiger partial charge in [0.1, 0.15) is 24.6 Å². The summed E-state index contributed by atoms with van der Waals surface area (Å²) in [4.78, 5) is 7.57. The number of nitrogens with zero attached hydrogens (tertiary/aromatic N) is 2. The van der Waals surface area contributed by atoms with Gasteiger partial charge in [-0.05, 0) is 0 Å². The Bertz CT molecular complexity index is 298. The van der Waals surface area contributed by atoms with E-state index < -0.39 is 13.0 Å². The Morgan fingerprint density at radius 3 is 2.93 bits per heavy atom. The number of hydrogen-bond acceptors (Lipinski definition) is 5. The molecule has 0 saturated heterocycles. The summed E-state index contributed by atoms with van der Waals surface area (Å²) >= 11 is 0. The van der Waals surface area contributed by atoms with Crippen LogP contribution < -0.4 is 11.1 Å². The van der Waals surface area contributed by atoms with Crippen LogP contribution in [0.25, 0.3) is 0 Å². The smallest absolute Gasteiger partial charge is 0.261 e. The molecule has 0 bridgehead atoms. The van der Waals surface area contributed by atoms with Gasteiger partial charge < -0.3 is 15.8 Å². The molecule has 0 aromatic carbocycles. The monoisotopic (exact) mass is 218 g/mol. The largest absolute Gasteiger partial charge is 0.384 e. The minimum absolute atomic E-state index is 0.189. The van der Waals surface area contributed by atoms with E-state index in [1.165, 1.54) is 6.33 Å². The van der Waals surface area contributed by atoms with Gasteiger partial charge in [0.2, 0.25) is 0 Å². The van der Waals surface area contributed by atoms with Crippen molar-refractivity contribution in [3.05, 3.63) is 12.4 Å². The van der Waals surface area contributed by atoms with E-state index in [4.69, 9.17) is 5.73 Å². The van der Waals surface area contributed by atoms with Gasteiger partial charge in [-0.3, -0.25) is 0 Å². The van der Waals surface area contributed by atoms with Crippen LogP contribution >= 0.6 is 0 Å². The van der Waals surface area contributed by atoms with Gasteiger partial charge in [0.05, 0.1) is 6.61 Å². The number of halogens is 2. The Labute approximate surface area is 85.7 Å². The quantitative estimate of drug-likeness (QED) is 0.689. The van der Waals surface area contributed by atoms with E-state index >= 15 is 0 Å². The van der Waals surface area contributed by atoms with Gasteiger partial charge in [-0.25, -0.2) is 18.7 Å². The predicted molar refractivity (Wildman–Crippen MR) is 51.8 cm³/mol. The Morgan fingerprint density at radius 1 is 1.47 bits per heavy atom. The average Bonchev–Trinajstić information content (AvgIpc) is 2.17. The SMILES string of the molecule is Nc1cc(NCCOCC(F)F)ncn1. The van der Waals surface area contributed by atoms with Crippen LogP contribution in [0.5, 0.6) is 0 Å². The summed E-state index contributed by atoms with van der Waals surface area (Å²) in [5, 5.41) is 2.86. The van der Waals surface area contributed by atoms with Crippen LogP contribution in [0.1, 0.15) is 0 Å². The zero-order chi connectivity index (χ0) is 11.1. The number of nitrogens with one attached hydrogen (secondary N) is 1. The molecule has 84 valence electrons. The maximum Gasteiger partial charge on any atom is 0.261 e. The Hall–Kier alpha value is -1.50. The van der Waals surface area contributed by atoms with Crippen molar-refractivity contribution in [1.82, 2.24) is 9.97 Å². The molecular formula is C8H12F2N4O. The van der Waals surface area contributed by atoms with Crippen molar-refractivity contribution >= 4 is 11.6 Å². The average molecular weight is 218 g/mol. The molecule has 0 aliphatic heterocycles. The van der Waals surface area contributed by atoms with Crippen LogP contribution in [0.3, 0.4) is 0 Å². The zero-order valence-electron chi connectivity index (χ0n) is 7.99. The lowest BCUT2D eigenvalue weighted by Crippen LogP contribution is -2.13. The third kappa shape index (κ3) is 5.06. The summed E-state index contributed by atoms with van der Waals surface area (Å²) in [5.74, 6) is 0.893. The van der Waals surface area contributed by atoms with Crippen LogP contribution in [0.15, 0.2) is 12.4 Å². The number of nitrogen functional groups attached to an aromatic ring is 1. The van der Waals surface area contributed by atoms with Gasteiger partial charge in [0.15, 0.2) is 0 Å². The van der Waals surface area contributed by atoms with Gasteiger partial charge >= 0.3 is 0 Å². The van der Waals surface area contributed by atoms with Gasteiger partial charge in [-0.2, -0.15) is 0 Å². The molecule has 5 nitrogen and oxygen atoms in total. The lowest BCUT2D eigenvalue weighted by Gasteiger charge is -2.06. The van der Waals surface area contributed by atoms with Crippen molar-refractivity contribution in [2.45, 2.75) is 6.43 Å². The van der Waals surface area contributed by atoms with Crippen LogP contribution in [0, 0.1) is 0 Å². The molecule has 1 aromatic rings. The molecule has 0 radical (unpaired) electrons. The first-order valence-electron chi connectivity index (χ1n) is 4.36. The van der Waals surface area contributed by atoms with Crippen molar-refractivity contribution < 1.29 is 13.5 Å². The summed E-state index contributed by atoms with van der Waals surface area (Å²) in [6.07, 6.45) is -1.11. The molecule has 1 aromatic heterocycles. The van der Waals surface area contributed by atoms with E-state index in [1.54, 1.807) is 6.07 Å². The molecular weight excluding hydrogens is 206 g/mol. The molecule has 1 heterocycles. The number of hydrogen-bond donors (Lipinski definition) is 2. The third-order valence-corrected chi connectivity index (χ3v) is 1.48. The fourth-order valence-corrected chi connectivity index (χ4v) is 0.893. The topological polar surface area (TPSA) is 73.1 Å². The van der Waals surface area contributed by atoms with Crippen molar-refractivity contribution in [1.29, 1.82) is 0 Å². The minimum atomic E-state index is -2.43. The summed E-state index contributed by atoms with van der Waals surface area (Å²) < 4.78 is 28.0. The molecule has 0 atom stereocenters. The normalized spacial score (nSPS) is 10.6. The Balaban J connectivity index is 2.15. The number of anilines is 2. The molecule has 0 unspecified atom stereocenters. The lowest BCUT2D eigenvalue weighted by atomic mass is 10.5. The number of nitrogens with two attached hydrogens (primary N) is 1. The van der Waals surface area contributed by atoms with Crippen LogP contribution in [0.4, 0.5) is 20.4 Å². The number of rotatable bonds is 6. The van der Waals surface area contributed by atoms with E-state index in [9.17, 15) is 8.78 Å². The van der Waals surface area contributed by atoms with E-state index in [-0.39, 0.29) is 6.61 Å². The Kier molecular flexibility index (Phi) is 4.69. The van der Waals surface area contributed by atoms with Crippen molar-refractivity contribution in [2.24, 2.45) is 0 Å². The van der Waals surface area contributed by atoms with Crippen molar-refractivity contribution in [3.63, 3.8) is 0 Å². The highest BCUT2D eigenvalue weighted by molar-refractivity contribution is 5.42. The van der Waals surface area contributed by atoms with Gasteiger partial charge in [0.25, 0.3) is 6.43 Å². The predicted octanol–water partition coefficient (Wildman–Crippen LogP) is 0.752. The first kappa shape index (κ1) is 11.6. The second-order valence-corrected chi connectivity index (χ2v) is 2.72. The summed E-state index contributed by atoms with van der Waals surface area (Å²) in [5.41, 5.74) is 5.41. The van der Waals surface area contributed by atoms with E-state index in [1.807, 2.05) is 0 Å². The fraction of sp³-hybridized carbons (Fsp3) is 0.500. The van der Waals surface area contributed by atoms with Crippen LogP contribution in [-0.2, 0) is 4.74 Å². The summed E-state index contributed by atoms with van der Waals surface area (Å²) in [7, 11) is 0. The molecule has 7 heteroatoms. The molecule has 0 fully saturated rings. The highest BCUT2D eigenvalue weighted by Gasteiger charge is 2.01. The van der Waals surface area contributed by atoms with E-state index in [2.05, 4.69) is 20.0 Å². The number of alkyl halides is 2. The van der Waals surface area contributed by atoms with E-state index in [0.29, 0.717) is 18.2 Å². The first-order chi connectivity index (χ1) is 7.18. The molecule has 0 saturated carbocycles. The highest BCUT2D eigenvalue weighted by Crippen LogP contribution is 2.03. The fourth-order valence-electron chi connectivity index (χ4n) is 0.893. The van der Waals surface area contributed by atoms with E-state index in [0.717, 1.165) is 0 Å². The molecule has 0 spiro atoms. The Morgan fingerprint density at radius 2 is 2.27 bits per heavy atom. The number of ether oxygens (including phenoxy) is 1. The number of aromatic nitrogens is 2. The first-order valence-corrected chi connectivity index (χ1v) is 4.36. The molecule has 0 aliphatic carbocycles. The molecule has 1 rings (SSSR count). The summed E-state index contributed by atoms with van der Waals surface area (Å²) in [6.45, 7) is 0.0328. The van der Waals surface area contributed by atoms with Gasteiger partial charge in [-0.1, -0.05) is 0 Å². The lowest BCUT2D eigenvalue weighted by molar-refractivity contribution is 0.0215.